The Kier molecular flexibility index (Phi) is 5.69. The van der Waals surface area contributed by atoms with Crippen molar-refractivity contribution in [1.82, 2.24) is 0 Å². The highest BCUT2D eigenvalue weighted by atomic mass is 14.1. The lowest BCUT2D eigenvalue weighted by Crippen LogP contribution is -1.84. The van der Waals surface area contributed by atoms with Gasteiger partial charge in [-0.05, 0) is 127 Å². The van der Waals surface area contributed by atoms with Gasteiger partial charge in [0.05, 0.1) is 0 Å². The van der Waals surface area contributed by atoms with Gasteiger partial charge in [0.25, 0.3) is 0 Å². The van der Waals surface area contributed by atoms with E-state index in [2.05, 4.69) is 159 Å². The molecule has 0 nitrogen and oxygen atoms in total. The summed E-state index contributed by atoms with van der Waals surface area (Å²) in [5.41, 5.74) is 10.1. The summed E-state index contributed by atoms with van der Waals surface area (Å²) in [7, 11) is 0. The molecular formula is C42H30. The van der Waals surface area contributed by atoms with Crippen molar-refractivity contribution in [2.75, 3.05) is 0 Å². The lowest BCUT2D eigenvalue weighted by atomic mass is 9.94. The van der Waals surface area contributed by atoms with Crippen LogP contribution in [-0.4, -0.2) is 0 Å². The zero-order valence-electron chi connectivity index (χ0n) is 23.9. The van der Waals surface area contributed by atoms with Crippen LogP contribution < -0.4 is 0 Å². The summed E-state index contributed by atoms with van der Waals surface area (Å²) in [6, 6.07) is 54.1. The van der Waals surface area contributed by atoms with Crippen LogP contribution in [0, 0.1) is 13.8 Å². The first-order chi connectivity index (χ1) is 20.6. The highest BCUT2D eigenvalue weighted by molar-refractivity contribution is 5.96. The predicted molar refractivity (Wildman–Crippen MR) is 182 cm³/mol. The maximum atomic E-state index is 2.31. The van der Waals surface area contributed by atoms with Gasteiger partial charge in [-0.3, -0.25) is 0 Å². The molecule has 0 unspecified atom stereocenters. The van der Waals surface area contributed by atoms with Crippen molar-refractivity contribution in [2.24, 2.45) is 0 Å². The van der Waals surface area contributed by atoms with Crippen LogP contribution in [0.1, 0.15) is 11.1 Å². The average Bonchev–Trinajstić information content (AvgIpc) is 3.03. The van der Waals surface area contributed by atoms with Crippen molar-refractivity contribution in [3.8, 4) is 33.4 Å². The molecule has 0 amide bonds. The fourth-order valence-corrected chi connectivity index (χ4v) is 6.30. The number of rotatable bonds is 3. The van der Waals surface area contributed by atoms with Gasteiger partial charge >= 0.3 is 0 Å². The van der Waals surface area contributed by atoms with E-state index >= 15 is 0 Å². The lowest BCUT2D eigenvalue weighted by molar-refractivity contribution is 1.50. The van der Waals surface area contributed by atoms with Crippen LogP contribution in [0.4, 0.5) is 0 Å². The quantitative estimate of drug-likeness (QED) is 0.211. The summed E-state index contributed by atoms with van der Waals surface area (Å²) in [6.45, 7) is 4.29. The fraction of sp³-hybridized carbons (Fsp3) is 0.0476. The maximum Gasteiger partial charge on any atom is -0.0177 e. The highest BCUT2D eigenvalue weighted by Crippen LogP contribution is 2.33. The van der Waals surface area contributed by atoms with Gasteiger partial charge in [-0.1, -0.05) is 120 Å². The number of hydrogen-bond donors (Lipinski definition) is 0. The first-order valence-electron chi connectivity index (χ1n) is 14.7. The molecule has 0 aliphatic rings. The number of aryl methyl sites for hydroxylation is 2. The molecule has 42 heavy (non-hydrogen) atoms. The Balaban J connectivity index is 1.10. The minimum absolute atomic E-state index is 1.24. The molecule has 198 valence electrons. The Morgan fingerprint density at radius 3 is 0.643 bits per heavy atom. The molecule has 0 heterocycles. The molecule has 0 N–H and O–H groups in total. The molecular weight excluding hydrogens is 504 g/mol. The predicted octanol–water partition coefficient (Wildman–Crippen LogP) is 11.9. The van der Waals surface area contributed by atoms with Gasteiger partial charge < -0.3 is 0 Å². The van der Waals surface area contributed by atoms with Crippen LogP contribution >= 0.6 is 0 Å². The van der Waals surface area contributed by atoms with E-state index in [4.69, 9.17) is 0 Å². The fourth-order valence-electron chi connectivity index (χ4n) is 6.30. The van der Waals surface area contributed by atoms with Crippen LogP contribution in [0.3, 0.4) is 0 Å². The third-order valence-electron chi connectivity index (χ3n) is 8.67. The van der Waals surface area contributed by atoms with Crippen LogP contribution in [0.5, 0.6) is 0 Å². The summed E-state index contributed by atoms with van der Waals surface area (Å²) in [6.07, 6.45) is 0. The molecule has 0 saturated heterocycles. The third kappa shape index (κ3) is 4.42. The van der Waals surface area contributed by atoms with E-state index in [1.165, 1.54) is 87.6 Å². The van der Waals surface area contributed by atoms with E-state index in [1.807, 2.05) is 0 Å². The molecule has 0 spiro atoms. The van der Waals surface area contributed by atoms with E-state index in [0.717, 1.165) is 0 Å². The van der Waals surface area contributed by atoms with Gasteiger partial charge in [0.1, 0.15) is 0 Å². The minimum Gasteiger partial charge on any atom is -0.0587 e. The van der Waals surface area contributed by atoms with E-state index in [1.54, 1.807) is 0 Å². The van der Waals surface area contributed by atoms with Crippen LogP contribution in [0.2, 0.25) is 0 Å². The molecule has 0 heteroatoms. The Morgan fingerprint density at radius 2 is 0.405 bits per heavy atom. The zero-order chi connectivity index (χ0) is 28.2. The molecule has 0 aliphatic heterocycles. The SMILES string of the molecule is Cc1ccc2cc(-c3ccc4cc(-c5ccc6cc(-c7ccc8cc(C)ccc8c7)ccc6c5)ccc4c3)ccc2c1. The Morgan fingerprint density at radius 1 is 0.214 bits per heavy atom. The molecule has 0 aliphatic carbocycles. The summed E-state index contributed by atoms with van der Waals surface area (Å²) in [4.78, 5) is 0. The van der Waals surface area contributed by atoms with Crippen molar-refractivity contribution < 1.29 is 0 Å². The van der Waals surface area contributed by atoms with Gasteiger partial charge in [0.2, 0.25) is 0 Å². The molecule has 0 atom stereocenters. The van der Waals surface area contributed by atoms with Gasteiger partial charge in [-0.15, -0.1) is 0 Å². The first-order valence-corrected chi connectivity index (χ1v) is 14.7. The van der Waals surface area contributed by atoms with Crippen LogP contribution in [0.25, 0.3) is 76.5 Å². The topological polar surface area (TPSA) is 0 Å². The second-order valence-electron chi connectivity index (χ2n) is 11.7. The molecule has 0 radical (unpaired) electrons. The summed E-state index contributed by atoms with van der Waals surface area (Å²) < 4.78 is 0. The molecule has 8 aromatic rings. The second-order valence-corrected chi connectivity index (χ2v) is 11.7. The minimum atomic E-state index is 1.24. The average molecular weight is 535 g/mol. The van der Waals surface area contributed by atoms with Crippen molar-refractivity contribution in [3.63, 3.8) is 0 Å². The zero-order valence-corrected chi connectivity index (χ0v) is 23.9. The number of benzene rings is 8. The van der Waals surface area contributed by atoms with Crippen LogP contribution in [-0.2, 0) is 0 Å². The van der Waals surface area contributed by atoms with Crippen molar-refractivity contribution in [3.05, 3.63) is 157 Å². The maximum absolute atomic E-state index is 2.31. The van der Waals surface area contributed by atoms with E-state index in [0.29, 0.717) is 0 Å². The Bertz CT molecular complexity index is 2150. The van der Waals surface area contributed by atoms with Crippen LogP contribution in [0.15, 0.2) is 146 Å². The number of hydrogen-bond acceptors (Lipinski definition) is 0. The Labute approximate surface area is 246 Å². The van der Waals surface area contributed by atoms with Gasteiger partial charge in [-0.2, -0.15) is 0 Å². The van der Waals surface area contributed by atoms with E-state index in [-0.39, 0.29) is 0 Å². The van der Waals surface area contributed by atoms with E-state index in [9.17, 15) is 0 Å². The largest absolute Gasteiger partial charge is 0.0587 e. The lowest BCUT2D eigenvalue weighted by Gasteiger charge is -2.10. The van der Waals surface area contributed by atoms with Crippen molar-refractivity contribution in [2.45, 2.75) is 13.8 Å². The highest BCUT2D eigenvalue weighted by Gasteiger charge is 2.07. The van der Waals surface area contributed by atoms with E-state index < -0.39 is 0 Å². The summed E-state index contributed by atoms with van der Waals surface area (Å²) in [5, 5.41) is 10.2. The van der Waals surface area contributed by atoms with Gasteiger partial charge in [0.15, 0.2) is 0 Å². The molecule has 0 saturated carbocycles. The Hall–Kier alpha value is -5.20. The standard InChI is InChI=1S/C42H30/c1-27-3-5-31-21-33(9-7-29(31)19-27)35-11-13-39-25-41(17-15-37(39)23-35)42-18-16-38-24-36(12-14-40(38)26-42)34-10-8-30-20-28(2)4-6-32(30)22-34/h3-26H,1-2H3. The molecule has 8 rings (SSSR count). The molecule has 0 aromatic heterocycles. The monoisotopic (exact) mass is 534 g/mol. The van der Waals surface area contributed by atoms with Gasteiger partial charge in [-0.25, -0.2) is 0 Å². The first kappa shape index (κ1) is 24.6. The normalized spacial score (nSPS) is 11.6. The second kappa shape index (κ2) is 9.72. The molecule has 0 bridgehead atoms. The molecule has 8 aromatic carbocycles. The summed E-state index contributed by atoms with van der Waals surface area (Å²) >= 11 is 0. The summed E-state index contributed by atoms with van der Waals surface area (Å²) in [5.74, 6) is 0. The van der Waals surface area contributed by atoms with Gasteiger partial charge in [0, 0.05) is 0 Å². The molecule has 0 fully saturated rings. The smallest absolute Gasteiger partial charge is 0.0177 e. The number of fused-ring (bicyclic) bond motifs is 4. The van der Waals surface area contributed by atoms with Crippen molar-refractivity contribution in [1.29, 1.82) is 0 Å². The van der Waals surface area contributed by atoms with Crippen molar-refractivity contribution >= 4 is 43.1 Å². The third-order valence-corrected chi connectivity index (χ3v) is 8.67.